The summed E-state index contributed by atoms with van der Waals surface area (Å²) >= 11 is 0. The lowest BCUT2D eigenvalue weighted by Gasteiger charge is -2.18. The summed E-state index contributed by atoms with van der Waals surface area (Å²) in [5, 5.41) is 0. The van der Waals surface area contributed by atoms with Gasteiger partial charge < -0.3 is 14.2 Å². The first-order valence-corrected chi connectivity index (χ1v) is 23.3. The second-order valence-corrected chi connectivity index (χ2v) is 16.5. The molecular weight excluding hydrogens is 661 g/mol. The lowest BCUT2D eigenvalue weighted by molar-refractivity contribution is -0.167. The van der Waals surface area contributed by atoms with Crippen molar-refractivity contribution in [1.82, 2.24) is 0 Å². The van der Waals surface area contributed by atoms with Gasteiger partial charge >= 0.3 is 17.9 Å². The summed E-state index contributed by atoms with van der Waals surface area (Å²) in [7, 11) is 0. The summed E-state index contributed by atoms with van der Waals surface area (Å²) in [5.41, 5.74) is 0. The van der Waals surface area contributed by atoms with Gasteiger partial charge in [-0.1, -0.05) is 214 Å². The molecule has 2 unspecified atom stereocenters. The second kappa shape index (κ2) is 40.1. The number of unbranched alkanes of at least 4 members (excludes halogenated alkanes) is 24. The Kier molecular flexibility index (Phi) is 38.9. The monoisotopic (exact) mass is 751 g/mol. The summed E-state index contributed by atoms with van der Waals surface area (Å²) in [6.45, 7) is 11.3. The highest BCUT2D eigenvalue weighted by molar-refractivity contribution is 5.71. The highest BCUT2D eigenvalue weighted by Gasteiger charge is 2.19. The van der Waals surface area contributed by atoms with Crippen LogP contribution in [0.1, 0.15) is 253 Å². The van der Waals surface area contributed by atoms with Crippen LogP contribution in [0.5, 0.6) is 0 Å². The van der Waals surface area contributed by atoms with Crippen LogP contribution in [-0.2, 0) is 28.6 Å². The smallest absolute Gasteiger partial charge is 0.306 e. The highest BCUT2D eigenvalue weighted by Crippen LogP contribution is 2.18. The van der Waals surface area contributed by atoms with E-state index in [0.29, 0.717) is 19.3 Å². The molecular formula is C47H90O6. The van der Waals surface area contributed by atoms with E-state index in [4.69, 9.17) is 14.2 Å². The maximum atomic E-state index is 12.7. The summed E-state index contributed by atoms with van der Waals surface area (Å²) < 4.78 is 16.6. The maximum absolute atomic E-state index is 12.7. The summed E-state index contributed by atoms with van der Waals surface area (Å²) in [5.74, 6) is 0.872. The van der Waals surface area contributed by atoms with Gasteiger partial charge in [-0.15, -0.1) is 0 Å². The van der Waals surface area contributed by atoms with Crippen LogP contribution in [0.3, 0.4) is 0 Å². The quantitative estimate of drug-likeness (QED) is 0.0352. The molecule has 53 heavy (non-hydrogen) atoms. The van der Waals surface area contributed by atoms with Crippen LogP contribution in [-0.4, -0.2) is 37.2 Å². The maximum Gasteiger partial charge on any atom is 0.306 e. The third kappa shape index (κ3) is 38.5. The molecule has 3 atom stereocenters. The molecule has 0 N–H and O–H groups in total. The Morgan fingerprint density at radius 2 is 0.660 bits per heavy atom. The van der Waals surface area contributed by atoms with Crippen LogP contribution < -0.4 is 0 Å². The van der Waals surface area contributed by atoms with Gasteiger partial charge in [0.25, 0.3) is 0 Å². The number of hydrogen-bond acceptors (Lipinski definition) is 6. The molecule has 0 aromatic heterocycles. The van der Waals surface area contributed by atoms with Crippen molar-refractivity contribution in [2.24, 2.45) is 11.8 Å². The van der Waals surface area contributed by atoms with Gasteiger partial charge in [-0.05, 0) is 31.1 Å². The Bertz CT molecular complexity index is 813. The van der Waals surface area contributed by atoms with Crippen molar-refractivity contribution in [1.29, 1.82) is 0 Å². The standard InChI is InChI=1S/C47H90O6/c1-6-9-10-25-32-37-45(48)51-40-44(41-52-46(49)38-33-28-23-20-19-22-27-31-36-43(5)8-3)53-47(50)39-34-29-24-18-16-14-12-11-13-15-17-21-26-30-35-42(4)7-2/h42-44H,6-41H2,1-5H3/t42?,43?,44-/m0/s1. The van der Waals surface area contributed by atoms with Gasteiger partial charge in [-0.25, -0.2) is 0 Å². The average Bonchev–Trinajstić information content (AvgIpc) is 3.15. The van der Waals surface area contributed by atoms with Gasteiger partial charge in [-0.3, -0.25) is 14.4 Å². The molecule has 0 saturated carbocycles. The van der Waals surface area contributed by atoms with Crippen molar-refractivity contribution in [2.75, 3.05) is 13.2 Å². The zero-order valence-corrected chi connectivity index (χ0v) is 36.1. The highest BCUT2D eigenvalue weighted by atomic mass is 16.6. The van der Waals surface area contributed by atoms with Crippen LogP contribution in [0.4, 0.5) is 0 Å². The normalized spacial score (nSPS) is 13.1. The Hall–Kier alpha value is -1.59. The van der Waals surface area contributed by atoms with Crippen molar-refractivity contribution in [2.45, 2.75) is 259 Å². The van der Waals surface area contributed by atoms with E-state index < -0.39 is 6.10 Å². The summed E-state index contributed by atoms with van der Waals surface area (Å²) in [6.07, 6.45) is 38.2. The van der Waals surface area contributed by atoms with Crippen LogP contribution in [0.25, 0.3) is 0 Å². The Morgan fingerprint density at radius 1 is 0.377 bits per heavy atom. The fourth-order valence-corrected chi connectivity index (χ4v) is 6.86. The first-order valence-electron chi connectivity index (χ1n) is 23.3. The minimum absolute atomic E-state index is 0.0661. The van der Waals surface area contributed by atoms with Gasteiger partial charge in [0, 0.05) is 19.3 Å². The van der Waals surface area contributed by atoms with Gasteiger partial charge in [0.1, 0.15) is 13.2 Å². The van der Waals surface area contributed by atoms with E-state index in [0.717, 1.165) is 76.0 Å². The zero-order chi connectivity index (χ0) is 39.0. The topological polar surface area (TPSA) is 78.9 Å². The number of esters is 3. The number of rotatable bonds is 41. The van der Waals surface area contributed by atoms with E-state index in [9.17, 15) is 14.4 Å². The van der Waals surface area contributed by atoms with Crippen molar-refractivity contribution in [3.63, 3.8) is 0 Å². The predicted molar refractivity (Wildman–Crippen MR) is 224 cm³/mol. The molecule has 0 aliphatic rings. The van der Waals surface area contributed by atoms with E-state index in [1.807, 2.05) is 0 Å². The van der Waals surface area contributed by atoms with Crippen molar-refractivity contribution in [3.8, 4) is 0 Å². The lowest BCUT2D eigenvalue weighted by atomic mass is 9.99. The molecule has 314 valence electrons. The molecule has 0 aromatic carbocycles. The van der Waals surface area contributed by atoms with E-state index in [-0.39, 0.29) is 31.1 Å². The molecule has 0 spiro atoms. The number of carbonyl (C=O) groups excluding carboxylic acids is 3. The second-order valence-electron chi connectivity index (χ2n) is 16.5. The molecule has 0 bridgehead atoms. The third-order valence-corrected chi connectivity index (χ3v) is 11.2. The summed E-state index contributed by atoms with van der Waals surface area (Å²) in [6, 6.07) is 0. The Labute approximate surface area is 329 Å². The lowest BCUT2D eigenvalue weighted by Crippen LogP contribution is -2.30. The largest absolute Gasteiger partial charge is 0.462 e. The van der Waals surface area contributed by atoms with Crippen LogP contribution in [0.2, 0.25) is 0 Å². The molecule has 6 heteroatoms. The van der Waals surface area contributed by atoms with Crippen LogP contribution >= 0.6 is 0 Å². The van der Waals surface area contributed by atoms with Crippen LogP contribution in [0, 0.1) is 11.8 Å². The SMILES string of the molecule is CCCCCCCC(=O)OC[C@@H](COC(=O)CCCCCCCCCCC(C)CC)OC(=O)CCCCCCCCCCCCCCCCC(C)CC. The molecule has 0 aliphatic heterocycles. The Morgan fingerprint density at radius 3 is 0.981 bits per heavy atom. The Balaban J connectivity index is 4.17. The molecule has 0 amide bonds. The minimum Gasteiger partial charge on any atom is -0.462 e. The first-order chi connectivity index (χ1) is 25.8. The first kappa shape index (κ1) is 51.4. The zero-order valence-electron chi connectivity index (χ0n) is 36.1. The van der Waals surface area contributed by atoms with E-state index >= 15 is 0 Å². The van der Waals surface area contributed by atoms with E-state index in [1.54, 1.807) is 0 Å². The van der Waals surface area contributed by atoms with E-state index in [2.05, 4.69) is 34.6 Å². The fourth-order valence-electron chi connectivity index (χ4n) is 6.86. The fraction of sp³-hybridized carbons (Fsp3) is 0.936. The van der Waals surface area contributed by atoms with Crippen LogP contribution in [0.15, 0.2) is 0 Å². The molecule has 0 rings (SSSR count). The average molecular weight is 751 g/mol. The molecule has 6 nitrogen and oxygen atoms in total. The van der Waals surface area contributed by atoms with E-state index in [1.165, 1.54) is 135 Å². The molecule has 0 heterocycles. The van der Waals surface area contributed by atoms with Gasteiger partial charge in [-0.2, -0.15) is 0 Å². The molecule has 0 aliphatic carbocycles. The number of carbonyl (C=O) groups is 3. The van der Waals surface area contributed by atoms with Gasteiger partial charge in [0.2, 0.25) is 0 Å². The predicted octanol–water partition coefficient (Wildman–Crippen LogP) is 14.6. The summed E-state index contributed by atoms with van der Waals surface area (Å²) in [4.78, 5) is 37.5. The number of ether oxygens (including phenoxy) is 3. The number of hydrogen-bond donors (Lipinski definition) is 0. The third-order valence-electron chi connectivity index (χ3n) is 11.2. The van der Waals surface area contributed by atoms with Crippen molar-refractivity contribution >= 4 is 17.9 Å². The molecule has 0 aromatic rings. The van der Waals surface area contributed by atoms with Gasteiger partial charge in [0.15, 0.2) is 6.10 Å². The minimum atomic E-state index is -0.759. The van der Waals surface area contributed by atoms with Crippen molar-refractivity contribution < 1.29 is 28.6 Å². The molecule has 0 radical (unpaired) electrons. The molecule has 0 saturated heterocycles. The van der Waals surface area contributed by atoms with Crippen molar-refractivity contribution in [3.05, 3.63) is 0 Å². The molecule has 0 fully saturated rings. The van der Waals surface area contributed by atoms with Gasteiger partial charge in [0.05, 0.1) is 0 Å².